The van der Waals surface area contributed by atoms with Crippen LogP contribution in [0.2, 0.25) is 0 Å². The first-order valence-electron chi connectivity index (χ1n) is 5.07. The lowest BCUT2D eigenvalue weighted by molar-refractivity contribution is 0.0954. The Bertz CT molecular complexity index is 545. The third-order valence-corrected chi connectivity index (χ3v) is 2.14. The number of aromatic nitrogens is 4. The van der Waals surface area contributed by atoms with Gasteiger partial charge >= 0.3 is 5.69 Å². The Labute approximate surface area is 96.3 Å². The molecule has 0 aliphatic rings. The van der Waals surface area contributed by atoms with Crippen LogP contribution in [0.3, 0.4) is 0 Å². The van der Waals surface area contributed by atoms with Crippen LogP contribution in [0.1, 0.15) is 16.2 Å². The van der Waals surface area contributed by atoms with Crippen molar-refractivity contribution >= 4 is 5.91 Å². The van der Waals surface area contributed by atoms with Gasteiger partial charge in [0.1, 0.15) is 5.82 Å². The maximum atomic E-state index is 11.6. The van der Waals surface area contributed by atoms with Crippen molar-refractivity contribution in [2.75, 3.05) is 6.54 Å². The van der Waals surface area contributed by atoms with Gasteiger partial charge in [-0.25, -0.2) is 9.89 Å². The topological polar surface area (TPSA) is 104 Å². The van der Waals surface area contributed by atoms with E-state index in [2.05, 4.69) is 25.5 Å². The zero-order valence-electron chi connectivity index (χ0n) is 8.93. The summed E-state index contributed by atoms with van der Waals surface area (Å²) in [6.07, 6.45) is 3.58. The van der Waals surface area contributed by atoms with Gasteiger partial charge in [-0.1, -0.05) is 0 Å². The first-order chi connectivity index (χ1) is 8.25. The van der Waals surface area contributed by atoms with E-state index < -0.39 is 0 Å². The summed E-state index contributed by atoms with van der Waals surface area (Å²) in [5.74, 6) is 0.343. The molecule has 0 aliphatic carbocycles. The molecule has 1 amide bonds. The molecule has 0 unspecified atom stereocenters. The van der Waals surface area contributed by atoms with Crippen LogP contribution in [0, 0.1) is 0 Å². The SMILES string of the molecule is O=C(NCCc1n[nH]c(=O)[nH]1)c1ccncc1. The third kappa shape index (κ3) is 3.00. The van der Waals surface area contributed by atoms with Crippen LogP contribution in [-0.2, 0) is 6.42 Å². The van der Waals surface area contributed by atoms with E-state index in [1.54, 1.807) is 24.5 Å². The Morgan fingerprint density at radius 2 is 2.12 bits per heavy atom. The van der Waals surface area contributed by atoms with E-state index in [1.807, 2.05) is 0 Å². The normalized spacial score (nSPS) is 10.1. The van der Waals surface area contributed by atoms with Gasteiger partial charge < -0.3 is 5.32 Å². The number of pyridine rings is 1. The molecule has 0 aliphatic heterocycles. The molecule has 0 radical (unpaired) electrons. The van der Waals surface area contributed by atoms with Crippen molar-refractivity contribution < 1.29 is 4.79 Å². The van der Waals surface area contributed by atoms with E-state index in [4.69, 9.17) is 0 Å². The highest BCUT2D eigenvalue weighted by Crippen LogP contribution is 1.95. The average molecular weight is 233 g/mol. The van der Waals surface area contributed by atoms with E-state index >= 15 is 0 Å². The number of amides is 1. The standard InChI is InChI=1S/C10H11N5O2/c16-9(7-1-4-11-5-2-7)12-6-3-8-13-10(17)15-14-8/h1-2,4-5H,3,6H2,(H,12,16)(H2,13,14,15,17). The predicted molar refractivity (Wildman–Crippen MR) is 59.5 cm³/mol. The quantitative estimate of drug-likeness (QED) is 0.660. The van der Waals surface area contributed by atoms with Crippen LogP contribution >= 0.6 is 0 Å². The molecular formula is C10H11N5O2. The summed E-state index contributed by atoms with van der Waals surface area (Å²) in [6.45, 7) is 0.405. The molecule has 0 aromatic carbocycles. The fourth-order valence-electron chi connectivity index (χ4n) is 1.32. The van der Waals surface area contributed by atoms with Gasteiger partial charge in [0.2, 0.25) is 0 Å². The summed E-state index contributed by atoms with van der Waals surface area (Å²) in [7, 11) is 0. The van der Waals surface area contributed by atoms with Crippen molar-refractivity contribution in [1.82, 2.24) is 25.5 Å². The number of H-pyrrole nitrogens is 2. The van der Waals surface area contributed by atoms with Crippen LogP contribution in [0.25, 0.3) is 0 Å². The van der Waals surface area contributed by atoms with E-state index in [1.165, 1.54) is 0 Å². The van der Waals surface area contributed by atoms with Gasteiger partial charge in [0.05, 0.1) is 0 Å². The van der Waals surface area contributed by atoms with Crippen molar-refractivity contribution in [2.24, 2.45) is 0 Å². The summed E-state index contributed by atoms with van der Waals surface area (Å²) in [5, 5.41) is 8.70. The van der Waals surface area contributed by atoms with Gasteiger partial charge in [0, 0.05) is 30.9 Å². The highest BCUT2D eigenvalue weighted by Gasteiger charge is 2.04. The molecule has 88 valence electrons. The van der Waals surface area contributed by atoms with Gasteiger partial charge in [0.25, 0.3) is 5.91 Å². The second-order valence-electron chi connectivity index (χ2n) is 3.37. The van der Waals surface area contributed by atoms with Gasteiger partial charge in [-0.15, -0.1) is 0 Å². The molecule has 0 bridgehead atoms. The van der Waals surface area contributed by atoms with E-state index in [0.717, 1.165) is 0 Å². The average Bonchev–Trinajstić information content (AvgIpc) is 2.76. The molecule has 0 spiro atoms. The molecule has 0 saturated carbocycles. The zero-order chi connectivity index (χ0) is 12.1. The smallest absolute Gasteiger partial charge is 0.340 e. The Morgan fingerprint density at radius 1 is 1.35 bits per heavy atom. The van der Waals surface area contributed by atoms with Crippen LogP contribution in [0.5, 0.6) is 0 Å². The number of carbonyl (C=O) groups is 1. The fraction of sp³-hybridized carbons (Fsp3) is 0.200. The molecule has 3 N–H and O–H groups in total. The Morgan fingerprint density at radius 3 is 2.76 bits per heavy atom. The Kier molecular flexibility index (Phi) is 3.29. The number of nitrogens with zero attached hydrogens (tertiary/aromatic N) is 2. The first kappa shape index (κ1) is 11.1. The van der Waals surface area contributed by atoms with Crippen molar-refractivity contribution in [2.45, 2.75) is 6.42 Å². The lowest BCUT2D eigenvalue weighted by atomic mass is 10.2. The fourth-order valence-corrected chi connectivity index (χ4v) is 1.32. The third-order valence-electron chi connectivity index (χ3n) is 2.14. The lowest BCUT2D eigenvalue weighted by Gasteiger charge is -2.02. The highest BCUT2D eigenvalue weighted by atomic mass is 16.2. The molecule has 7 nitrogen and oxygen atoms in total. The first-order valence-corrected chi connectivity index (χ1v) is 5.07. The van der Waals surface area contributed by atoms with E-state index in [-0.39, 0.29) is 11.6 Å². The van der Waals surface area contributed by atoms with Crippen LogP contribution in [0.4, 0.5) is 0 Å². The molecule has 0 fully saturated rings. The number of rotatable bonds is 4. The minimum absolute atomic E-state index is 0.176. The number of hydrogen-bond acceptors (Lipinski definition) is 4. The monoisotopic (exact) mass is 233 g/mol. The summed E-state index contributed by atoms with van der Waals surface area (Å²) < 4.78 is 0. The summed E-state index contributed by atoms with van der Waals surface area (Å²) >= 11 is 0. The second kappa shape index (κ2) is 5.06. The molecule has 0 atom stereocenters. The van der Waals surface area contributed by atoms with Gasteiger partial charge in [0.15, 0.2) is 0 Å². The number of aromatic amines is 2. The summed E-state index contributed by atoms with van der Waals surface area (Å²) in [4.78, 5) is 28.7. The zero-order valence-corrected chi connectivity index (χ0v) is 8.93. The van der Waals surface area contributed by atoms with Gasteiger partial charge in [-0.2, -0.15) is 5.10 Å². The minimum Gasteiger partial charge on any atom is -0.352 e. The number of nitrogens with one attached hydrogen (secondary N) is 3. The van der Waals surface area contributed by atoms with Crippen LogP contribution in [-0.4, -0.2) is 32.6 Å². The van der Waals surface area contributed by atoms with E-state index in [9.17, 15) is 9.59 Å². The second-order valence-corrected chi connectivity index (χ2v) is 3.37. The Hall–Kier alpha value is -2.44. The maximum Gasteiger partial charge on any atom is 0.340 e. The molecule has 7 heteroatoms. The van der Waals surface area contributed by atoms with Gasteiger partial charge in [-0.3, -0.25) is 14.8 Å². The van der Waals surface area contributed by atoms with Crippen LogP contribution in [0.15, 0.2) is 29.3 Å². The minimum atomic E-state index is -0.347. The molecule has 2 aromatic rings. The van der Waals surface area contributed by atoms with Crippen molar-refractivity contribution in [1.29, 1.82) is 0 Å². The molecule has 17 heavy (non-hydrogen) atoms. The van der Waals surface area contributed by atoms with Crippen molar-refractivity contribution in [3.8, 4) is 0 Å². The molecular weight excluding hydrogens is 222 g/mol. The largest absolute Gasteiger partial charge is 0.352 e. The Balaban J connectivity index is 1.83. The molecule has 2 rings (SSSR count). The van der Waals surface area contributed by atoms with Crippen molar-refractivity contribution in [3.05, 3.63) is 46.4 Å². The summed E-state index contributed by atoms with van der Waals surface area (Å²) in [5.41, 5.74) is 0.205. The maximum absolute atomic E-state index is 11.6. The lowest BCUT2D eigenvalue weighted by Crippen LogP contribution is -2.26. The van der Waals surface area contributed by atoms with Crippen LogP contribution < -0.4 is 11.0 Å². The number of carbonyl (C=O) groups excluding carboxylic acids is 1. The molecule has 2 heterocycles. The number of hydrogen-bond donors (Lipinski definition) is 3. The van der Waals surface area contributed by atoms with E-state index in [0.29, 0.717) is 24.4 Å². The molecule has 2 aromatic heterocycles. The van der Waals surface area contributed by atoms with Gasteiger partial charge in [-0.05, 0) is 12.1 Å². The molecule has 0 saturated heterocycles. The predicted octanol–water partition coefficient (Wildman–Crippen LogP) is -0.534. The van der Waals surface area contributed by atoms with Crippen molar-refractivity contribution in [3.63, 3.8) is 0 Å². The summed E-state index contributed by atoms with van der Waals surface area (Å²) in [6, 6.07) is 3.26. The highest BCUT2D eigenvalue weighted by molar-refractivity contribution is 5.93.